The molecule has 3 nitrogen and oxygen atoms in total. The third-order valence-corrected chi connectivity index (χ3v) is 6.24. The molecule has 0 N–H and O–H groups in total. The summed E-state index contributed by atoms with van der Waals surface area (Å²) in [6, 6.07) is 0. The summed E-state index contributed by atoms with van der Waals surface area (Å²) in [5.41, 5.74) is 0. The van der Waals surface area contributed by atoms with E-state index in [-0.39, 0.29) is 18.4 Å². The molecule has 8 atom stereocenters. The molecule has 0 radical (unpaired) electrons. The molecule has 2 saturated carbocycles. The van der Waals surface area contributed by atoms with Gasteiger partial charge in [0.15, 0.2) is 12.3 Å². The summed E-state index contributed by atoms with van der Waals surface area (Å²) < 4.78 is 47.2. The number of fused-ring (bicyclic) bond motifs is 3. The Morgan fingerprint density at radius 3 is 2.12 bits per heavy atom. The minimum atomic E-state index is -1.20. The predicted molar refractivity (Wildman–Crippen MR) is 96.4 cm³/mol. The van der Waals surface area contributed by atoms with Crippen LogP contribution < -0.4 is 0 Å². The minimum absolute atomic E-state index is 0.103. The zero-order chi connectivity index (χ0) is 18.5. The molecule has 5 heteroatoms. The van der Waals surface area contributed by atoms with Gasteiger partial charge >= 0.3 is 0 Å². The first-order valence-electron chi connectivity index (χ1n) is 10.2. The third-order valence-electron chi connectivity index (χ3n) is 6.24. The first kappa shape index (κ1) is 20.0. The van der Waals surface area contributed by atoms with Gasteiger partial charge in [0.1, 0.15) is 6.61 Å². The molecular formula is C21H32F2O3. The van der Waals surface area contributed by atoms with Crippen LogP contribution in [-0.4, -0.2) is 50.0 Å². The Kier molecular flexibility index (Phi) is 7.31. The summed E-state index contributed by atoms with van der Waals surface area (Å²) in [6.07, 6.45) is 1.94. The van der Waals surface area contributed by atoms with Crippen LogP contribution in [0.1, 0.15) is 58.8 Å². The van der Waals surface area contributed by atoms with Gasteiger partial charge in [0.25, 0.3) is 0 Å². The Morgan fingerprint density at radius 2 is 1.54 bits per heavy atom. The quantitative estimate of drug-likeness (QED) is 0.496. The summed E-state index contributed by atoms with van der Waals surface area (Å²) >= 11 is 0. The largest absolute Gasteiger partial charge is 0.375 e. The molecule has 1 aliphatic heterocycles. The van der Waals surface area contributed by atoms with Gasteiger partial charge in [0.05, 0.1) is 24.4 Å². The van der Waals surface area contributed by atoms with Crippen molar-refractivity contribution < 1.29 is 23.0 Å². The van der Waals surface area contributed by atoms with Crippen molar-refractivity contribution in [2.24, 2.45) is 11.8 Å². The SMILES string of the molecule is CC#CCOC1CCC2C3CCC(OCCCCC)C(F)C3OC2C1F. The maximum atomic E-state index is 15.0. The molecule has 1 heterocycles. The lowest BCUT2D eigenvalue weighted by Gasteiger charge is -2.37. The summed E-state index contributed by atoms with van der Waals surface area (Å²) in [5, 5.41) is 0. The molecule has 3 fully saturated rings. The van der Waals surface area contributed by atoms with E-state index in [2.05, 4.69) is 18.8 Å². The van der Waals surface area contributed by atoms with Gasteiger partial charge in [-0.3, -0.25) is 0 Å². The highest BCUT2D eigenvalue weighted by molar-refractivity contribution is 5.05. The van der Waals surface area contributed by atoms with Crippen molar-refractivity contribution in [2.45, 2.75) is 95.6 Å². The Bertz CT molecular complexity index is 503. The fourth-order valence-electron chi connectivity index (χ4n) is 4.86. The van der Waals surface area contributed by atoms with Gasteiger partial charge in [-0.05, 0) is 50.9 Å². The van der Waals surface area contributed by atoms with Crippen LogP contribution in [0.15, 0.2) is 0 Å². The van der Waals surface area contributed by atoms with Crippen LogP contribution in [0.2, 0.25) is 0 Å². The number of hydrogen-bond acceptors (Lipinski definition) is 3. The van der Waals surface area contributed by atoms with E-state index >= 15 is 4.39 Å². The molecule has 2 aliphatic carbocycles. The van der Waals surface area contributed by atoms with Crippen LogP contribution in [-0.2, 0) is 14.2 Å². The van der Waals surface area contributed by atoms with E-state index in [0.717, 1.165) is 32.1 Å². The van der Waals surface area contributed by atoms with Crippen molar-refractivity contribution in [1.29, 1.82) is 0 Å². The molecule has 0 spiro atoms. The fraction of sp³-hybridized carbons (Fsp3) is 0.905. The summed E-state index contributed by atoms with van der Waals surface area (Å²) in [7, 11) is 0. The molecule has 1 saturated heterocycles. The highest BCUT2D eigenvalue weighted by atomic mass is 19.1. The number of halogens is 2. The number of alkyl halides is 2. The Hall–Kier alpha value is -0.700. The summed E-state index contributed by atoms with van der Waals surface area (Å²) in [4.78, 5) is 0. The van der Waals surface area contributed by atoms with Gasteiger partial charge in [-0.15, -0.1) is 5.92 Å². The zero-order valence-corrected chi connectivity index (χ0v) is 16.0. The minimum Gasteiger partial charge on any atom is -0.375 e. The Morgan fingerprint density at radius 1 is 0.923 bits per heavy atom. The van der Waals surface area contributed by atoms with E-state index < -0.39 is 36.8 Å². The second kappa shape index (κ2) is 9.48. The first-order valence-corrected chi connectivity index (χ1v) is 10.2. The monoisotopic (exact) mass is 370 g/mol. The summed E-state index contributed by atoms with van der Waals surface area (Å²) in [6.45, 7) is 4.71. The normalized spacial score (nSPS) is 41.8. The predicted octanol–water partition coefficient (Wildman–Crippen LogP) is 4.23. The van der Waals surface area contributed by atoms with Crippen molar-refractivity contribution in [3.8, 4) is 11.8 Å². The van der Waals surface area contributed by atoms with Crippen molar-refractivity contribution in [3.05, 3.63) is 0 Å². The lowest BCUT2D eigenvalue weighted by molar-refractivity contribution is -0.131. The first-order chi connectivity index (χ1) is 12.7. The van der Waals surface area contributed by atoms with Crippen molar-refractivity contribution in [1.82, 2.24) is 0 Å². The second-order valence-electron chi connectivity index (χ2n) is 7.83. The van der Waals surface area contributed by atoms with Crippen LogP contribution >= 0.6 is 0 Å². The fourth-order valence-corrected chi connectivity index (χ4v) is 4.86. The maximum absolute atomic E-state index is 15.0. The highest BCUT2D eigenvalue weighted by Crippen LogP contribution is 2.49. The van der Waals surface area contributed by atoms with Crippen molar-refractivity contribution in [2.75, 3.05) is 13.2 Å². The topological polar surface area (TPSA) is 27.7 Å². The molecule has 0 aromatic heterocycles. The van der Waals surface area contributed by atoms with Crippen molar-refractivity contribution in [3.63, 3.8) is 0 Å². The van der Waals surface area contributed by atoms with Crippen LogP contribution in [0.3, 0.4) is 0 Å². The highest BCUT2D eigenvalue weighted by Gasteiger charge is 2.57. The van der Waals surface area contributed by atoms with E-state index in [9.17, 15) is 4.39 Å². The molecule has 3 rings (SSSR count). The summed E-state index contributed by atoms with van der Waals surface area (Å²) in [5.74, 6) is 5.78. The van der Waals surface area contributed by atoms with E-state index in [0.29, 0.717) is 19.4 Å². The van der Waals surface area contributed by atoms with Crippen LogP contribution in [0.4, 0.5) is 8.78 Å². The number of hydrogen-bond donors (Lipinski definition) is 0. The van der Waals surface area contributed by atoms with Gasteiger partial charge in [0, 0.05) is 6.61 Å². The molecule has 0 aromatic carbocycles. The molecule has 8 unspecified atom stereocenters. The number of unbranched alkanes of at least 4 members (excludes halogenated alkanes) is 2. The van der Waals surface area contributed by atoms with Crippen LogP contribution in [0.5, 0.6) is 0 Å². The molecule has 0 bridgehead atoms. The van der Waals surface area contributed by atoms with Crippen LogP contribution in [0.25, 0.3) is 0 Å². The Labute approximate surface area is 156 Å². The van der Waals surface area contributed by atoms with E-state index in [1.807, 2.05) is 0 Å². The standard InChI is InChI=1S/C21H32F2O3/c1-3-5-7-13-25-17-11-9-15-14-8-10-16(24-12-6-4-2)18(22)20(14)26-21(15)19(17)23/h14-21H,3,5,7-13H2,1-2H3. The average molecular weight is 370 g/mol. The third kappa shape index (κ3) is 4.24. The Balaban J connectivity index is 1.56. The van der Waals surface area contributed by atoms with Gasteiger partial charge in [-0.2, -0.15) is 0 Å². The smallest absolute Gasteiger partial charge is 0.152 e. The van der Waals surface area contributed by atoms with Gasteiger partial charge in [0.2, 0.25) is 0 Å². The lowest BCUT2D eigenvalue weighted by Crippen LogP contribution is -2.45. The second-order valence-corrected chi connectivity index (χ2v) is 7.83. The molecule has 148 valence electrons. The van der Waals surface area contributed by atoms with Crippen LogP contribution in [0, 0.1) is 23.7 Å². The van der Waals surface area contributed by atoms with Gasteiger partial charge in [-0.1, -0.05) is 25.7 Å². The van der Waals surface area contributed by atoms with E-state index in [1.54, 1.807) is 6.92 Å². The van der Waals surface area contributed by atoms with E-state index in [1.165, 1.54) is 0 Å². The lowest BCUT2D eigenvalue weighted by atomic mass is 9.71. The average Bonchev–Trinajstić information content (AvgIpc) is 3.03. The van der Waals surface area contributed by atoms with E-state index in [4.69, 9.17) is 14.2 Å². The van der Waals surface area contributed by atoms with Gasteiger partial charge in [-0.25, -0.2) is 8.78 Å². The molecule has 3 aliphatic rings. The molecule has 26 heavy (non-hydrogen) atoms. The van der Waals surface area contributed by atoms with Gasteiger partial charge < -0.3 is 14.2 Å². The number of rotatable bonds is 7. The molecular weight excluding hydrogens is 338 g/mol. The number of ether oxygens (including phenoxy) is 3. The molecule has 0 amide bonds. The maximum Gasteiger partial charge on any atom is 0.152 e. The molecule has 0 aromatic rings. The van der Waals surface area contributed by atoms with Crippen molar-refractivity contribution >= 4 is 0 Å². The zero-order valence-electron chi connectivity index (χ0n) is 16.0.